The summed E-state index contributed by atoms with van der Waals surface area (Å²) in [6.45, 7) is 10.2. The minimum Gasteiger partial charge on any atom is -0.349 e. The van der Waals surface area contributed by atoms with E-state index >= 15 is 0 Å². The van der Waals surface area contributed by atoms with E-state index in [2.05, 4.69) is 37.9 Å². The van der Waals surface area contributed by atoms with E-state index in [0.717, 1.165) is 0 Å². The van der Waals surface area contributed by atoms with Crippen molar-refractivity contribution in [3.8, 4) is 0 Å². The van der Waals surface area contributed by atoms with Gasteiger partial charge in [0.15, 0.2) is 0 Å². The summed E-state index contributed by atoms with van der Waals surface area (Å²) in [5, 5.41) is 2.78. The fourth-order valence-corrected chi connectivity index (χ4v) is 2.86. The van der Waals surface area contributed by atoms with Gasteiger partial charge in [-0.15, -0.1) is 11.3 Å². The van der Waals surface area contributed by atoms with Gasteiger partial charge in [0, 0.05) is 9.75 Å². The smallest absolute Gasteiger partial charge is 0.233 e. The summed E-state index contributed by atoms with van der Waals surface area (Å²) in [5.41, 5.74) is 1.21. The molecule has 2 atom stereocenters. The third-order valence-corrected chi connectivity index (χ3v) is 4.62. The number of aryl methyl sites for hydroxylation is 2. The second-order valence-corrected chi connectivity index (χ2v) is 6.80. The molecule has 0 aliphatic heterocycles. The van der Waals surface area contributed by atoms with Gasteiger partial charge in [-0.2, -0.15) is 12.6 Å². The lowest BCUT2D eigenvalue weighted by Gasteiger charge is -2.19. The molecule has 2 nitrogen and oxygen atoms in total. The van der Waals surface area contributed by atoms with E-state index in [-0.39, 0.29) is 23.1 Å². The topological polar surface area (TPSA) is 29.1 Å². The number of hydrogen-bond acceptors (Lipinski definition) is 3. The fraction of sp³-hybridized carbons (Fsp3) is 0.615. The molecule has 0 aliphatic carbocycles. The Balaban J connectivity index is 2.70. The largest absolute Gasteiger partial charge is 0.349 e. The van der Waals surface area contributed by atoms with Crippen LogP contribution in [0.5, 0.6) is 0 Å². The third-order valence-electron chi connectivity index (χ3n) is 2.80. The molecule has 0 saturated carbocycles. The normalized spacial score (nSPS) is 14.8. The fourth-order valence-electron chi connectivity index (χ4n) is 1.76. The van der Waals surface area contributed by atoms with E-state index in [4.69, 9.17) is 0 Å². The summed E-state index contributed by atoms with van der Waals surface area (Å²) in [4.78, 5) is 14.5. The monoisotopic (exact) mass is 271 g/mol. The average molecular weight is 271 g/mol. The predicted octanol–water partition coefficient (Wildman–Crippen LogP) is 3.50. The van der Waals surface area contributed by atoms with Crippen molar-refractivity contribution in [3.63, 3.8) is 0 Å². The third kappa shape index (κ3) is 3.75. The molecule has 1 aromatic heterocycles. The Labute approximate surface area is 113 Å². The number of hydrogen-bond donors (Lipinski definition) is 2. The van der Waals surface area contributed by atoms with Crippen LogP contribution in [0.15, 0.2) is 6.07 Å². The highest BCUT2D eigenvalue weighted by atomic mass is 32.1. The molecule has 1 N–H and O–H groups in total. The zero-order valence-corrected chi connectivity index (χ0v) is 12.8. The van der Waals surface area contributed by atoms with Crippen molar-refractivity contribution in [1.29, 1.82) is 0 Å². The van der Waals surface area contributed by atoms with Gasteiger partial charge in [-0.3, -0.25) is 4.79 Å². The maximum Gasteiger partial charge on any atom is 0.233 e. The van der Waals surface area contributed by atoms with Crippen molar-refractivity contribution in [2.75, 3.05) is 0 Å². The lowest BCUT2D eigenvalue weighted by atomic mass is 10.1. The van der Waals surface area contributed by atoms with Crippen molar-refractivity contribution in [2.24, 2.45) is 5.92 Å². The molecule has 1 amide bonds. The number of rotatable bonds is 4. The van der Waals surface area contributed by atoms with Gasteiger partial charge in [-0.05, 0) is 38.3 Å². The molecule has 0 fully saturated rings. The van der Waals surface area contributed by atoms with Crippen LogP contribution in [0.1, 0.15) is 42.1 Å². The van der Waals surface area contributed by atoms with Crippen LogP contribution >= 0.6 is 24.0 Å². The van der Waals surface area contributed by atoms with E-state index in [1.54, 1.807) is 11.3 Å². The Kier molecular flexibility index (Phi) is 5.07. The number of nitrogens with one attached hydrogen (secondary N) is 1. The maximum atomic E-state index is 11.9. The first-order valence-electron chi connectivity index (χ1n) is 5.88. The van der Waals surface area contributed by atoms with Crippen LogP contribution < -0.4 is 5.32 Å². The lowest BCUT2D eigenvalue weighted by Crippen LogP contribution is -2.36. The second kappa shape index (κ2) is 5.91. The lowest BCUT2D eigenvalue weighted by molar-refractivity contribution is -0.121. The molecule has 0 saturated heterocycles. The van der Waals surface area contributed by atoms with E-state index in [9.17, 15) is 4.79 Å². The molecule has 0 spiro atoms. The van der Waals surface area contributed by atoms with Gasteiger partial charge in [0.25, 0.3) is 0 Å². The van der Waals surface area contributed by atoms with Gasteiger partial charge in [0.1, 0.15) is 0 Å². The highest BCUT2D eigenvalue weighted by molar-refractivity contribution is 7.81. The first-order chi connectivity index (χ1) is 7.82. The predicted molar refractivity (Wildman–Crippen MR) is 78.0 cm³/mol. The highest BCUT2D eigenvalue weighted by Gasteiger charge is 2.20. The maximum absolute atomic E-state index is 11.9. The molecule has 2 unspecified atom stereocenters. The summed E-state index contributed by atoms with van der Waals surface area (Å²) in [6.07, 6.45) is 0. The molecule has 1 rings (SSSR count). The second-order valence-electron chi connectivity index (χ2n) is 4.79. The molecule has 1 aromatic rings. The average Bonchev–Trinajstić information content (AvgIpc) is 2.56. The van der Waals surface area contributed by atoms with Crippen LogP contribution in [0.2, 0.25) is 0 Å². The Hall–Kier alpha value is -0.480. The molecule has 17 heavy (non-hydrogen) atoms. The number of carbonyl (C=O) groups excluding carboxylic acids is 1. The van der Waals surface area contributed by atoms with E-state index in [0.29, 0.717) is 0 Å². The first kappa shape index (κ1) is 14.6. The standard InChI is InChI=1S/C13H21NOS2/c1-7(2)12(16)13(15)14-9(4)11-6-8(3)17-10(11)5/h6-7,9,12,16H,1-5H3,(H,14,15). The van der Waals surface area contributed by atoms with Crippen LogP contribution in [0.4, 0.5) is 0 Å². The minimum absolute atomic E-state index is 0.0130. The zero-order chi connectivity index (χ0) is 13.2. The van der Waals surface area contributed by atoms with Crippen LogP contribution in [0.25, 0.3) is 0 Å². The van der Waals surface area contributed by atoms with Crippen LogP contribution in [0.3, 0.4) is 0 Å². The number of thiol groups is 1. The van der Waals surface area contributed by atoms with Gasteiger partial charge in [-0.1, -0.05) is 13.8 Å². The highest BCUT2D eigenvalue weighted by Crippen LogP contribution is 2.26. The van der Waals surface area contributed by atoms with Gasteiger partial charge in [0.2, 0.25) is 5.91 Å². The summed E-state index contributed by atoms with van der Waals surface area (Å²) < 4.78 is 0. The van der Waals surface area contributed by atoms with Crippen LogP contribution in [-0.4, -0.2) is 11.2 Å². The zero-order valence-electron chi connectivity index (χ0n) is 11.1. The molecule has 4 heteroatoms. The quantitative estimate of drug-likeness (QED) is 0.806. The van der Waals surface area contributed by atoms with E-state index < -0.39 is 0 Å². The summed E-state index contributed by atoms with van der Waals surface area (Å²) in [5.74, 6) is 0.259. The van der Waals surface area contributed by atoms with Crippen LogP contribution in [-0.2, 0) is 4.79 Å². The van der Waals surface area contributed by atoms with Crippen molar-refractivity contribution in [3.05, 3.63) is 21.4 Å². The van der Waals surface area contributed by atoms with Gasteiger partial charge >= 0.3 is 0 Å². The first-order valence-corrected chi connectivity index (χ1v) is 7.21. The molecule has 0 aromatic carbocycles. The van der Waals surface area contributed by atoms with Crippen molar-refractivity contribution < 1.29 is 4.79 Å². The molecule has 0 aliphatic rings. The Bertz CT molecular complexity index is 398. The molecule has 0 bridgehead atoms. The number of carbonyl (C=O) groups is 1. The summed E-state index contributed by atoms with van der Waals surface area (Å²) >= 11 is 6.10. The van der Waals surface area contributed by atoms with Crippen molar-refractivity contribution in [2.45, 2.75) is 45.9 Å². The summed E-state index contributed by atoms with van der Waals surface area (Å²) in [7, 11) is 0. The van der Waals surface area contributed by atoms with E-state index in [1.165, 1.54) is 15.3 Å². The van der Waals surface area contributed by atoms with Crippen LogP contribution in [0, 0.1) is 19.8 Å². The van der Waals surface area contributed by atoms with Crippen molar-refractivity contribution in [1.82, 2.24) is 5.32 Å². The summed E-state index contributed by atoms with van der Waals surface area (Å²) in [6, 6.07) is 2.20. The Morgan fingerprint density at radius 3 is 2.35 bits per heavy atom. The number of amides is 1. The number of thiophene rings is 1. The Morgan fingerprint density at radius 1 is 1.35 bits per heavy atom. The van der Waals surface area contributed by atoms with E-state index in [1.807, 2.05) is 20.8 Å². The van der Waals surface area contributed by atoms with Gasteiger partial charge < -0.3 is 5.32 Å². The molecule has 1 heterocycles. The SMILES string of the molecule is Cc1cc(C(C)NC(=O)C(S)C(C)C)c(C)s1. The molecule has 96 valence electrons. The minimum atomic E-state index is -0.238. The molecular formula is C13H21NOS2. The molecular weight excluding hydrogens is 250 g/mol. The Morgan fingerprint density at radius 2 is 1.94 bits per heavy atom. The van der Waals surface area contributed by atoms with Crippen molar-refractivity contribution >= 4 is 29.9 Å². The van der Waals surface area contributed by atoms with Gasteiger partial charge in [0.05, 0.1) is 11.3 Å². The van der Waals surface area contributed by atoms with Gasteiger partial charge in [-0.25, -0.2) is 0 Å². The molecule has 0 radical (unpaired) electrons.